The molecule has 0 aliphatic heterocycles. The summed E-state index contributed by atoms with van der Waals surface area (Å²) in [4.78, 5) is 47.3. The first-order valence-electron chi connectivity index (χ1n) is 8.27. The highest BCUT2D eigenvalue weighted by Gasteiger charge is 2.20. The SMILES string of the molecule is CC(=O)Nc1cccc(C(=O)O[C@@H](C)C(=O)Nc2ccccc2C(C)=O)c1. The van der Waals surface area contributed by atoms with E-state index in [-0.39, 0.29) is 17.3 Å². The molecule has 0 saturated heterocycles. The van der Waals surface area contributed by atoms with Crippen LogP contribution in [0.1, 0.15) is 41.5 Å². The summed E-state index contributed by atoms with van der Waals surface area (Å²) < 4.78 is 5.18. The van der Waals surface area contributed by atoms with Crippen LogP contribution in [0.15, 0.2) is 48.5 Å². The lowest BCUT2D eigenvalue weighted by Crippen LogP contribution is -2.30. The van der Waals surface area contributed by atoms with E-state index < -0.39 is 18.0 Å². The first kappa shape index (κ1) is 19.8. The van der Waals surface area contributed by atoms with Crippen molar-refractivity contribution in [1.29, 1.82) is 0 Å². The molecule has 7 heteroatoms. The fourth-order valence-corrected chi connectivity index (χ4v) is 2.34. The van der Waals surface area contributed by atoms with Crippen LogP contribution in [0.4, 0.5) is 11.4 Å². The number of ketones is 1. The normalized spacial score (nSPS) is 11.2. The number of rotatable bonds is 6. The molecule has 2 rings (SSSR count). The zero-order valence-corrected chi connectivity index (χ0v) is 15.2. The van der Waals surface area contributed by atoms with Crippen LogP contribution in [-0.4, -0.2) is 29.7 Å². The van der Waals surface area contributed by atoms with Crippen molar-refractivity contribution in [1.82, 2.24) is 0 Å². The van der Waals surface area contributed by atoms with Gasteiger partial charge in [0.2, 0.25) is 5.91 Å². The van der Waals surface area contributed by atoms with Gasteiger partial charge in [0.15, 0.2) is 11.9 Å². The molecule has 2 amide bonds. The van der Waals surface area contributed by atoms with E-state index in [1.807, 2.05) is 0 Å². The third kappa shape index (κ3) is 5.50. The molecule has 0 unspecified atom stereocenters. The number of anilines is 2. The summed E-state index contributed by atoms with van der Waals surface area (Å²) in [6.07, 6.45) is -1.08. The Kier molecular flexibility index (Phi) is 6.43. The first-order valence-corrected chi connectivity index (χ1v) is 8.27. The second-order valence-corrected chi connectivity index (χ2v) is 5.90. The summed E-state index contributed by atoms with van der Waals surface area (Å²) in [5.41, 5.74) is 1.37. The molecule has 0 saturated carbocycles. The minimum absolute atomic E-state index is 0.190. The van der Waals surface area contributed by atoms with Crippen LogP contribution in [0.25, 0.3) is 0 Å². The molecule has 0 heterocycles. The van der Waals surface area contributed by atoms with Crippen molar-refractivity contribution >= 4 is 34.9 Å². The van der Waals surface area contributed by atoms with Crippen LogP contribution in [0.2, 0.25) is 0 Å². The van der Waals surface area contributed by atoms with Crippen molar-refractivity contribution in [3.8, 4) is 0 Å². The molecule has 2 aromatic rings. The number of esters is 1. The molecule has 7 nitrogen and oxygen atoms in total. The zero-order valence-electron chi connectivity index (χ0n) is 15.2. The van der Waals surface area contributed by atoms with E-state index >= 15 is 0 Å². The van der Waals surface area contributed by atoms with Crippen LogP contribution in [-0.2, 0) is 14.3 Å². The topological polar surface area (TPSA) is 102 Å². The number of carbonyl (C=O) groups is 4. The number of hydrogen-bond acceptors (Lipinski definition) is 5. The van der Waals surface area contributed by atoms with Crippen molar-refractivity contribution in [3.05, 3.63) is 59.7 Å². The van der Waals surface area contributed by atoms with Gasteiger partial charge in [0, 0.05) is 18.2 Å². The van der Waals surface area contributed by atoms with Gasteiger partial charge in [-0.1, -0.05) is 18.2 Å². The number of Topliss-reactive ketones (excluding diaryl/α,β-unsaturated/α-hetero) is 1. The Labute approximate surface area is 156 Å². The molecule has 0 aromatic heterocycles. The predicted octanol–water partition coefficient (Wildman–Crippen LogP) is 3.03. The van der Waals surface area contributed by atoms with E-state index in [4.69, 9.17) is 4.74 Å². The van der Waals surface area contributed by atoms with Gasteiger partial charge in [0.05, 0.1) is 11.3 Å². The number of amides is 2. The van der Waals surface area contributed by atoms with Gasteiger partial charge in [-0.05, 0) is 44.2 Å². The van der Waals surface area contributed by atoms with Crippen LogP contribution >= 0.6 is 0 Å². The Morgan fingerprint density at radius 2 is 1.63 bits per heavy atom. The van der Waals surface area contributed by atoms with E-state index in [1.54, 1.807) is 36.4 Å². The minimum Gasteiger partial charge on any atom is -0.449 e. The molecule has 140 valence electrons. The first-order chi connectivity index (χ1) is 12.8. The number of carbonyl (C=O) groups excluding carboxylic acids is 4. The number of nitrogens with one attached hydrogen (secondary N) is 2. The van der Waals surface area contributed by atoms with Crippen LogP contribution in [0.5, 0.6) is 0 Å². The number of hydrogen-bond donors (Lipinski definition) is 2. The number of benzene rings is 2. The average Bonchev–Trinajstić information content (AvgIpc) is 2.61. The summed E-state index contributed by atoms with van der Waals surface area (Å²) in [7, 11) is 0. The third-order valence-corrected chi connectivity index (χ3v) is 3.64. The largest absolute Gasteiger partial charge is 0.449 e. The summed E-state index contributed by atoms with van der Waals surface area (Å²) in [6, 6.07) is 12.8. The lowest BCUT2D eigenvalue weighted by Gasteiger charge is -2.15. The van der Waals surface area contributed by atoms with Crippen molar-refractivity contribution < 1.29 is 23.9 Å². The molecular formula is C20H20N2O5. The van der Waals surface area contributed by atoms with E-state index in [2.05, 4.69) is 10.6 Å². The smallest absolute Gasteiger partial charge is 0.338 e. The maximum atomic E-state index is 12.3. The van der Waals surface area contributed by atoms with Crippen LogP contribution < -0.4 is 10.6 Å². The Balaban J connectivity index is 2.05. The van der Waals surface area contributed by atoms with E-state index in [1.165, 1.54) is 32.9 Å². The Bertz CT molecular complexity index is 891. The van der Waals surface area contributed by atoms with Gasteiger partial charge in [-0.25, -0.2) is 4.79 Å². The van der Waals surface area contributed by atoms with Gasteiger partial charge in [0.25, 0.3) is 5.91 Å². The van der Waals surface area contributed by atoms with Gasteiger partial charge in [-0.15, -0.1) is 0 Å². The Morgan fingerprint density at radius 1 is 0.926 bits per heavy atom. The van der Waals surface area contributed by atoms with Crippen molar-refractivity contribution in [2.75, 3.05) is 10.6 Å². The van der Waals surface area contributed by atoms with Crippen LogP contribution in [0, 0.1) is 0 Å². The highest BCUT2D eigenvalue weighted by molar-refractivity contribution is 6.05. The second-order valence-electron chi connectivity index (χ2n) is 5.90. The van der Waals surface area contributed by atoms with Gasteiger partial charge in [-0.2, -0.15) is 0 Å². The lowest BCUT2D eigenvalue weighted by molar-refractivity contribution is -0.123. The molecular weight excluding hydrogens is 348 g/mol. The third-order valence-electron chi connectivity index (χ3n) is 3.64. The fourth-order valence-electron chi connectivity index (χ4n) is 2.34. The highest BCUT2D eigenvalue weighted by Crippen LogP contribution is 2.17. The summed E-state index contributed by atoms with van der Waals surface area (Å²) in [6.45, 7) is 4.19. The van der Waals surface area contributed by atoms with Gasteiger partial charge in [-0.3, -0.25) is 14.4 Å². The van der Waals surface area contributed by atoms with Crippen LogP contribution in [0.3, 0.4) is 0 Å². The quantitative estimate of drug-likeness (QED) is 0.603. The lowest BCUT2D eigenvalue weighted by atomic mass is 10.1. The monoisotopic (exact) mass is 368 g/mol. The van der Waals surface area contributed by atoms with E-state index in [0.717, 1.165) is 0 Å². The molecule has 1 atom stereocenters. The van der Waals surface area contributed by atoms with Gasteiger partial charge >= 0.3 is 5.97 Å². The van der Waals surface area contributed by atoms with Crippen molar-refractivity contribution in [3.63, 3.8) is 0 Å². The minimum atomic E-state index is -1.08. The molecule has 0 radical (unpaired) electrons. The van der Waals surface area contributed by atoms with Crippen molar-refractivity contribution in [2.45, 2.75) is 26.9 Å². The van der Waals surface area contributed by atoms with E-state index in [9.17, 15) is 19.2 Å². The summed E-state index contributed by atoms with van der Waals surface area (Å²) >= 11 is 0. The molecule has 0 fully saturated rings. The molecule has 0 spiro atoms. The summed E-state index contributed by atoms with van der Waals surface area (Å²) in [5, 5.41) is 5.16. The maximum absolute atomic E-state index is 12.3. The highest BCUT2D eigenvalue weighted by atomic mass is 16.5. The van der Waals surface area contributed by atoms with Gasteiger partial charge < -0.3 is 15.4 Å². The summed E-state index contributed by atoms with van der Waals surface area (Å²) in [5.74, 6) is -1.72. The number of ether oxygens (including phenoxy) is 1. The molecule has 0 bridgehead atoms. The van der Waals surface area contributed by atoms with Gasteiger partial charge in [0.1, 0.15) is 0 Å². The maximum Gasteiger partial charge on any atom is 0.338 e. The fraction of sp³-hybridized carbons (Fsp3) is 0.200. The average molecular weight is 368 g/mol. The zero-order chi connectivity index (χ0) is 20.0. The molecule has 0 aliphatic rings. The molecule has 0 aliphatic carbocycles. The predicted molar refractivity (Wildman–Crippen MR) is 101 cm³/mol. The van der Waals surface area contributed by atoms with Crippen molar-refractivity contribution in [2.24, 2.45) is 0 Å². The standard InChI is InChI=1S/C20H20N2O5/c1-12(23)17-9-4-5-10-18(17)22-19(25)13(2)27-20(26)15-7-6-8-16(11-15)21-14(3)24/h4-11,13H,1-3H3,(H,21,24)(H,22,25)/t13-/m0/s1. The molecule has 27 heavy (non-hydrogen) atoms. The Morgan fingerprint density at radius 3 is 2.30 bits per heavy atom. The number of para-hydroxylation sites is 1. The van der Waals surface area contributed by atoms with E-state index in [0.29, 0.717) is 16.9 Å². The molecule has 2 aromatic carbocycles. The molecule has 2 N–H and O–H groups in total. The Hall–Kier alpha value is -3.48. The second kappa shape index (κ2) is 8.75.